The highest BCUT2D eigenvalue weighted by Crippen LogP contribution is 2.22. The van der Waals surface area contributed by atoms with Crippen LogP contribution in [0.4, 0.5) is 4.39 Å². The van der Waals surface area contributed by atoms with Gasteiger partial charge in [0.25, 0.3) is 0 Å². The zero-order valence-electron chi connectivity index (χ0n) is 13.7. The number of halogens is 2. The molecular weight excluding hydrogens is 345 g/mol. The quantitative estimate of drug-likeness (QED) is 0.844. The molecule has 4 nitrogen and oxygen atoms in total. The molecule has 1 saturated heterocycles. The van der Waals surface area contributed by atoms with Crippen molar-refractivity contribution < 1.29 is 19.0 Å². The fourth-order valence-electron chi connectivity index (χ4n) is 2.97. The average molecular weight is 366 g/mol. The molecule has 3 rings (SSSR count). The largest absolute Gasteiger partial charge is 0.489 e. The van der Waals surface area contributed by atoms with E-state index in [0.29, 0.717) is 19.6 Å². The van der Waals surface area contributed by atoms with Crippen LogP contribution >= 0.6 is 12.4 Å². The van der Waals surface area contributed by atoms with Gasteiger partial charge in [-0.1, -0.05) is 24.3 Å². The lowest BCUT2D eigenvalue weighted by Gasteiger charge is -2.21. The van der Waals surface area contributed by atoms with Crippen molar-refractivity contribution in [2.24, 2.45) is 0 Å². The maximum absolute atomic E-state index is 12.9. The highest BCUT2D eigenvalue weighted by atomic mass is 35.5. The molecule has 1 N–H and O–H groups in total. The minimum absolute atomic E-state index is 0. The summed E-state index contributed by atoms with van der Waals surface area (Å²) in [6.07, 6.45) is 1.64. The number of rotatable bonds is 6. The summed E-state index contributed by atoms with van der Waals surface area (Å²) in [7, 11) is 0. The van der Waals surface area contributed by atoms with Crippen LogP contribution in [0.1, 0.15) is 24.0 Å². The lowest BCUT2D eigenvalue weighted by molar-refractivity contribution is -0.142. The van der Waals surface area contributed by atoms with Gasteiger partial charge in [-0.2, -0.15) is 0 Å². The molecule has 1 heterocycles. The van der Waals surface area contributed by atoms with Crippen molar-refractivity contribution in [3.63, 3.8) is 0 Å². The predicted molar refractivity (Wildman–Crippen MR) is 95.5 cm³/mol. The molecule has 0 aromatic heterocycles. The second-order valence-corrected chi connectivity index (χ2v) is 6.03. The second-order valence-electron chi connectivity index (χ2n) is 6.03. The Kier molecular flexibility index (Phi) is 6.79. The monoisotopic (exact) mass is 365 g/mol. The van der Waals surface area contributed by atoms with E-state index in [2.05, 4.69) is 0 Å². The van der Waals surface area contributed by atoms with Crippen molar-refractivity contribution in [2.75, 3.05) is 6.54 Å². The fraction of sp³-hybridized carbons (Fsp3) is 0.316. The minimum Gasteiger partial charge on any atom is -0.489 e. The number of nitrogens with zero attached hydrogens (tertiary/aromatic N) is 1. The zero-order chi connectivity index (χ0) is 16.9. The Morgan fingerprint density at radius 1 is 1.12 bits per heavy atom. The highest BCUT2D eigenvalue weighted by Gasteiger charge is 2.30. The van der Waals surface area contributed by atoms with Gasteiger partial charge < -0.3 is 9.84 Å². The predicted octanol–water partition coefficient (Wildman–Crippen LogP) is 3.88. The molecule has 25 heavy (non-hydrogen) atoms. The van der Waals surface area contributed by atoms with E-state index in [1.807, 2.05) is 29.2 Å². The van der Waals surface area contributed by atoms with Gasteiger partial charge in [-0.3, -0.25) is 9.69 Å². The first kappa shape index (κ1) is 19.2. The summed E-state index contributed by atoms with van der Waals surface area (Å²) in [5, 5.41) is 9.22. The van der Waals surface area contributed by atoms with E-state index in [1.165, 1.54) is 12.1 Å². The van der Waals surface area contributed by atoms with E-state index in [-0.39, 0.29) is 24.3 Å². The minimum atomic E-state index is -0.744. The van der Waals surface area contributed by atoms with Crippen LogP contribution in [-0.2, 0) is 17.9 Å². The Morgan fingerprint density at radius 2 is 1.76 bits per heavy atom. The molecule has 134 valence electrons. The van der Waals surface area contributed by atoms with E-state index < -0.39 is 5.97 Å². The van der Waals surface area contributed by atoms with Gasteiger partial charge >= 0.3 is 5.97 Å². The number of hydrogen-bond acceptors (Lipinski definition) is 3. The normalized spacial score (nSPS) is 17.1. The molecule has 1 aliphatic rings. The third-order valence-corrected chi connectivity index (χ3v) is 4.28. The van der Waals surface area contributed by atoms with Gasteiger partial charge in [-0.05, 0) is 54.8 Å². The van der Waals surface area contributed by atoms with E-state index in [0.717, 1.165) is 29.8 Å². The summed E-state index contributed by atoms with van der Waals surface area (Å²) < 4.78 is 18.5. The highest BCUT2D eigenvalue weighted by molar-refractivity contribution is 5.85. The van der Waals surface area contributed by atoms with Gasteiger partial charge in [0.1, 0.15) is 24.2 Å². The lowest BCUT2D eigenvalue weighted by Crippen LogP contribution is -2.35. The maximum atomic E-state index is 12.9. The Morgan fingerprint density at radius 3 is 2.40 bits per heavy atom. The lowest BCUT2D eigenvalue weighted by atomic mass is 10.1. The molecule has 6 heteroatoms. The van der Waals surface area contributed by atoms with Crippen molar-refractivity contribution in [3.8, 4) is 5.75 Å². The van der Waals surface area contributed by atoms with Gasteiger partial charge in [-0.25, -0.2) is 4.39 Å². The molecule has 0 amide bonds. The van der Waals surface area contributed by atoms with Crippen LogP contribution < -0.4 is 4.74 Å². The number of carboxylic acid groups (broad SMARTS) is 1. The first-order valence-electron chi connectivity index (χ1n) is 8.05. The molecule has 2 aromatic carbocycles. The molecule has 0 saturated carbocycles. The van der Waals surface area contributed by atoms with Crippen molar-refractivity contribution in [2.45, 2.75) is 32.0 Å². The van der Waals surface area contributed by atoms with Gasteiger partial charge in [0.05, 0.1) is 0 Å². The van der Waals surface area contributed by atoms with Crippen LogP contribution in [-0.4, -0.2) is 28.6 Å². The smallest absolute Gasteiger partial charge is 0.320 e. The van der Waals surface area contributed by atoms with Crippen LogP contribution in [0.15, 0.2) is 48.5 Å². The second kappa shape index (κ2) is 8.83. The van der Waals surface area contributed by atoms with E-state index in [1.54, 1.807) is 12.1 Å². The number of carboxylic acids is 1. The van der Waals surface area contributed by atoms with Gasteiger partial charge in [0.2, 0.25) is 0 Å². The number of carbonyl (C=O) groups is 1. The average Bonchev–Trinajstić information content (AvgIpc) is 3.04. The fourth-order valence-corrected chi connectivity index (χ4v) is 2.97. The summed E-state index contributed by atoms with van der Waals surface area (Å²) in [5.74, 6) is -0.268. The van der Waals surface area contributed by atoms with E-state index >= 15 is 0 Å². The number of aliphatic carboxylic acids is 1. The Balaban J connectivity index is 0.00000225. The first-order chi connectivity index (χ1) is 11.6. The van der Waals surface area contributed by atoms with Crippen LogP contribution in [0, 0.1) is 5.82 Å². The Labute approximate surface area is 152 Å². The van der Waals surface area contributed by atoms with Crippen LogP contribution in [0.3, 0.4) is 0 Å². The summed E-state index contributed by atoms with van der Waals surface area (Å²) in [4.78, 5) is 13.2. The van der Waals surface area contributed by atoms with Crippen LogP contribution in [0.25, 0.3) is 0 Å². The van der Waals surface area contributed by atoms with E-state index in [4.69, 9.17) is 4.74 Å². The van der Waals surface area contributed by atoms with Gasteiger partial charge in [0, 0.05) is 6.54 Å². The third kappa shape index (κ3) is 5.18. The summed E-state index contributed by atoms with van der Waals surface area (Å²) in [6, 6.07) is 13.5. The number of ether oxygens (including phenoxy) is 1. The zero-order valence-corrected chi connectivity index (χ0v) is 14.5. The Bertz CT molecular complexity index is 691. The standard InChI is InChI=1S/C19H20FNO3.ClH/c20-16-7-3-15(4-8-16)13-24-17-9-5-14(6-10-17)12-21-11-1-2-18(21)19(22)23;/h3-10,18H,1-2,11-13H2,(H,22,23);1H. The first-order valence-corrected chi connectivity index (χ1v) is 8.05. The topological polar surface area (TPSA) is 49.8 Å². The third-order valence-electron chi connectivity index (χ3n) is 4.28. The van der Waals surface area contributed by atoms with Gasteiger partial charge in [0.15, 0.2) is 0 Å². The number of hydrogen-bond donors (Lipinski definition) is 1. The molecule has 0 radical (unpaired) electrons. The maximum Gasteiger partial charge on any atom is 0.320 e. The van der Waals surface area contributed by atoms with Crippen molar-refractivity contribution in [3.05, 3.63) is 65.5 Å². The number of likely N-dealkylation sites (tertiary alicyclic amines) is 1. The van der Waals surface area contributed by atoms with Crippen LogP contribution in [0.2, 0.25) is 0 Å². The molecule has 0 bridgehead atoms. The summed E-state index contributed by atoms with van der Waals surface area (Å²) >= 11 is 0. The van der Waals surface area contributed by atoms with Crippen molar-refractivity contribution in [1.82, 2.24) is 4.90 Å². The van der Waals surface area contributed by atoms with E-state index in [9.17, 15) is 14.3 Å². The molecule has 1 atom stereocenters. The van der Waals surface area contributed by atoms with Gasteiger partial charge in [-0.15, -0.1) is 12.4 Å². The number of benzene rings is 2. The summed E-state index contributed by atoms with van der Waals surface area (Å²) in [5.41, 5.74) is 1.97. The molecular formula is C19H21ClFNO3. The SMILES string of the molecule is Cl.O=C(O)C1CCCN1Cc1ccc(OCc2ccc(F)cc2)cc1. The molecule has 0 aliphatic carbocycles. The molecule has 0 spiro atoms. The van der Waals surface area contributed by atoms with Crippen molar-refractivity contribution in [1.29, 1.82) is 0 Å². The molecule has 2 aromatic rings. The summed E-state index contributed by atoms with van der Waals surface area (Å²) in [6.45, 7) is 1.84. The van der Waals surface area contributed by atoms with Crippen molar-refractivity contribution >= 4 is 18.4 Å². The molecule has 1 aliphatic heterocycles. The Hall–Kier alpha value is -2.11. The van der Waals surface area contributed by atoms with Crippen LogP contribution in [0.5, 0.6) is 5.75 Å². The molecule has 1 unspecified atom stereocenters. The molecule has 1 fully saturated rings.